The molecule has 140 valence electrons. The quantitative estimate of drug-likeness (QED) is 0.398. The normalized spacial score (nSPS) is 12.3. The summed E-state index contributed by atoms with van der Waals surface area (Å²) in [7, 11) is 0. The van der Waals surface area contributed by atoms with Crippen LogP contribution in [-0.4, -0.2) is 34.0 Å². The Bertz CT molecular complexity index is 1080. The molecule has 2 heterocycles. The molecule has 10 nitrogen and oxygen atoms in total. The van der Waals surface area contributed by atoms with Crippen LogP contribution in [0.3, 0.4) is 0 Å². The maximum atomic E-state index is 12.2. The second-order valence-electron chi connectivity index (χ2n) is 5.75. The minimum atomic E-state index is -0.563. The molecule has 10 heteroatoms. The van der Waals surface area contributed by atoms with Gasteiger partial charge >= 0.3 is 0 Å². The standard InChI is InChI=1S/C18H13N5O5/c24-18(14-7-13(20-21-14)11-4-2-1-3-5-11)22-19-9-12-6-16-17(28-10-27-16)8-15(12)23(25)26/h1-9H,10H2,(H,20,21)(H,22,24)/b19-9-. The summed E-state index contributed by atoms with van der Waals surface area (Å²) >= 11 is 0. The molecule has 1 amide bonds. The van der Waals surface area contributed by atoms with Crippen molar-refractivity contribution in [3.63, 3.8) is 0 Å². The van der Waals surface area contributed by atoms with Gasteiger partial charge in [-0.15, -0.1) is 0 Å². The third kappa shape index (κ3) is 3.38. The number of carbonyl (C=O) groups is 1. The molecule has 2 N–H and O–H groups in total. The van der Waals surface area contributed by atoms with Crippen molar-refractivity contribution in [2.75, 3.05) is 6.79 Å². The van der Waals surface area contributed by atoms with Crippen LogP contribution >= 0.6 is 0 Å². The topological polar surface area (TPSA) is 132 Å². The summed E-state index contributed by atoms with van der Waals surface area (Å²) in [5.41, 5.74) is 3.94. The van der Waals surface area contributed by atoms with Gasteiger partial charge in [0.1, 0.15) is 5.69 Å². The van der Waals surface area contributed by atoms with E-state index in [1.807, 2.05) is 30.3 Å². The Hall–Kier alpha value is -4.21. The molecule has 0 saturated carbocycles. The van der Waals surface area contributed by atoms with Gasteiger partial charge in [-0.05, 0) is 12.1 Å². The zero-order chi connectivity index (χ0) is 19.5. The fourth-order valence-electron chi connectivity index (χ4n) is 2.62. The zero-order valence-corrected chi connectivity index (χ0v) is 14.3. The molecule has 0 saturated heterocycles. The molecular formula is C18H13N5O5. The van der Waals surface area contributed by atoms with Crippen LogP contribution in [0.2, 0.25) is 0 Å². The number of rotatable bonds is 5. The van der Waals surface area contributed by atoms with E-state index in [4.69, 9.17) is 9.47 Å². The van der Waals surface area contributed by atoms with E-state index in [0.717, 1.165) is 5.56 Å². The lowest BCUT2D eigenvalue weighted by molar-refractivity contribution is -0.385. The molecule has 3 aromatic rings. The van der Waals surface area contributed by atoms with Gasteiger partial charge in [0.25, 0.3) is 11.6 Å². The average Bonchev–Trinajstić information content (AvgIpc) is 3.37. The monoisotopic (exact) mass is 379 g/mol. The summed E-state index contributed by atoms with van der Waals surface area (Å²) in [6, 6.07) is 13.6. The maximum absolute atomic E-state index is 12.2. The van der Waals surface area contributed by atoms with Gasteiger partial charge in [-0.3, -0.25) is 20.0 Å². The van der Waals surface area contributed by atoms with E-state index in [9.17, 15) is 14.9 Å². The molecule has 1 aromatic heterocycles. The average molecular weight is 379 g/mol. The number of fused-ring (bicyclic) bond motifs is 1. The van der Waals surface area contributed by atoms with Crippen LogP contribution in [0.15, 0.2) is 53.6 Å². The minimum absolute atomic E-state index is 0.00656. The summed E-state index contributed by atoms with van der Waals surface area (Å²) in [6.07, 6.45) is 1.17. The van der Waals surface area contributed by atoms with Crippen LogP contribution in [0.25, 0.3) is 11.3 Å². The number of ether oxygens (including phenoxy) is 2. The van der Waals surface area contributed by atoms with Crippen molar-refractivity contribution in [2.45, 2.75) is 0 Å². The van der Waals surface area contributed by atoms with E-state index in [2.05, 4.69) is 20.7 Å². The number of benzene rings is 2. The summed E-state index contributed by atoms with van der Waals surface area (Å²) in [6.45, 7) is -0.00656. The molecule has 28 heavy (non-hydrogen) atoms. The van der Waals surface area contributed by atoms with Gasteiger partial charge in [0.15, 0.2) is 11.5 Å². The molecule has 2 aromatic carbocycles. The predicted octanol–water partition coefficient (Wildman–Crippen LogP) is 2.48. The van der Waals surface area contributed by atoms with Gasteiger partial charge < -0.3 is 9.47 Å². The smallest absolute Gasteiger partial charge is 0.289 e. The molecule has 0 bridgehead atoms. The number of amides is 1. The number of hydrogen-bond donors (Lipinski definition) is 2. The lowest BCUT2D eigenvalue weighted by Crippen LogP contribution is -2.18. The second-order valence-corrected chi connectivity index (χ2v) is 5.75. The number of hydrazone groups is 1. The van der Waals surface area contributed by atoms with Crippen molar-refractivity contribution in [1.82, 2.24) is 15.6 Å². The Morgan fingerprint density at radius 2 is 1.96 bits per heavy atom. The first-order valence-electron chi connectivity index (χ1n) is 8.14. The third-order valence-corrected chi connectivity index (χ3v) is 3.98. The van der Waals surface area contributed by atoms with Crippen LogP contribution in [-0.2, 0) is 0 Å². The maximum Gasteiger partial charge on any atom is 0.289 e. The molecule has 0 atom stereocenters. The number of aromatic nitrogens is 2. The largest absolute Gasteiger partial charge is 0.454 e. The number of carbonyl (C=O) groups excluding carboxylic acids is 1. The van der Waals surface area contributed by atoms with Crippen LogP contribution in [0.5, 0.6) is 11.5 Å². The number of nitro benzene ring substituents is 1. The van der Waals surface area contributed by atoms with Crippen molar-refractivity contribution in [2.24, 2.45) is 5.10 Å². The summed E-state index contributed by atoms with van der Waals surface area (Å²) in [5.74, 6) is 0.132. The van der Waals surface area contributed by atoms with Crippen LogP contribution in [0.1, 0.15) is 16.1 Å². The predicted molar refractivity (Wildman–Crippen MR) is 98.3 cm³/mol. The summed E-state index contributed by atoms with van der Waals surface area (Å²) in [5, 5.41) is 21.7. The molecule has 0 unspecified atom stereocenters. The molecule has 4 rings (SSSR count). The Labute approximate surface area is 157 Å². The van der Waals surface area contributed by atoms with Crippen molar-refractivity contribution in [3.05, 3.63) is 69.9 Å². The number of nitrogens with one attached hydrogen (secondary N) is 2. The lowest BCUT2D eigenvalue weighted by Gasteiger charge is -2.01. The Morgan fingerprint density at radius 1 is 1.21 bits per heavy atom. The first-order valence-corrected chi connectivity index (χ1v) is 8.14. The van der Waals surface area contributed by atoms with Gasteiger partial charge in [-0.1, -0.05) is 30.3 Å². The fourth-order valence-corrected chi connectivity index (χ4v) is 2.62. The van der Waals surface area contributed by atoms with Gasteiger partial charge in [-0.25, -0.2) is 5.43 Å². The van der Waals surface area contributed by atoms with Gasteiger partial charge in [0.2, 0.25) is 6.79 Å². The highest BCUT2D eigenvalue weighted by Crippen LogP contribution is 2.37. The Kier molecular flexibility index (Phi) is 4.42. The van der Waals surface area contributed by atoms with Crippen molar-refractivity contribution in [1.29, 1.82) is 0 Å². The van der Waals surface area contributed by atoms with E-state index < -0.39 is 10.8 Å². The first kappa shape index (κ1) is 17.2. The van der Waals surface area contributed by atoms with Crippen molar-refractivity contribution >= 4 is 17.8 Å². The number of hydrogen-bond acceptors (Lipinski definition) is 7. The lowest BCUT2D eigenvalue weighted by atomic mass is 10.1. The number of aromatic amines is 1. The van der Waals surface area contributed by atoms with E-state index in [1.165, 1.54) is 18.3 Å². The number of nitrogens with zero attached hydrogens (tertiary/aromatic N) is 3. The minimum Gasteiger partial charge on any atom is -0.454 e. The Balaban J connectivity index is 1.49. The van der Waals surface area contributed by atoms with E-state index in [1.54, 1.807) is 6.07 Å². The molecular weight excluding hydrogens is 366 g/mol. The molecule has 0 fully saturated rings. The van der Waals surface area contributed by atoms with Crippen LogP contribution in [0, 0.1) is 10.1 Å². The van der Waals surface area contributed by atoms with E-state index >= 15 is 0 Å². The second kappa shape index (κ2) is 7.19. The highest BCUT2D eigenvalue weighted by molar-refractivity contribution is 5.94. The van der Waals surface area contributed by atoms with E-state index in [-0.39, 0.29) is 23.7 Å². The zero-order valence-electron chi connectivity index (χ0n) is 14.3. The van der Waals surface area contributed by atoms with Crippen LogP contribution in [0.4, 0.5) is 5.69 Å². The van der Waals surface area contributed by atoms with Crippen molar-refractivity contribution in [3.8, 4) is 22.8 Å². The molecule has 0 aliphatic carbocycles. The molecule has 1 aliphatic heterocycles. The Morgan fingerprint density at radius 3 is 2.71 bits per heavy atom. The number of H-pyrrole nitrogens is 1. The highest BCUT2D eigenvalue weighted by atomic mass is 16.7. The SMILES string of the molecule is O=C(N/N=C\c1cc2c(cc1[N+](=O)[O-])OCO2)c1cc(-c2ccccc2)n[nH]1. The third-order valence-electron chi connectivity index (χ3n) is 3.98. The summed E-state index contributed by atoms with van der Waals surface area (Å²) in [4.78, 5) is 22.9. The van der Waals surface area contributed by atoms with E-state index in [0.29, 0.717) is 17.2 Å². The van der Waals surface area contributed by atoms with Crippen LogP contribution < -0.4 is 14.9 Å². The van der Waals surface area contributed by atoms with Gasteiger partial charge in [0.05, 0.1) is 28.5 Å². The fraction of sp³-hybridized carbons (Fsp3) is 0.0556. The highest BCUT2D eigenvalue weighted by Gasteiger charge is 2.22. The number of nitro groups is 1. The molecule has 0 radical (unpaired) electrons. The summed E-state index contributed by atoms with van der Waals surface area (Å²) < 4.78 is 10.3. The van der Waals surface area contributed by atoms with Gasteiger partial charge in [-0.2, -0.15) is 10.2 Å². The molecule has 0 spiro atoms. The molecule has 1 aliphatic rings. The first-order chi connectivity index (χ1) is 13.6. The van der Waals surface area contributed by atoms with Crippen molar-refractivity contribution < 1.29 is 19.2 Å². The van der Waals surface area contributed by atoms with Gasteiger partial charge in [0, 0.05) is 5.56 Å².